The van der Waals surface area contributed by atoms with Crippen molar-refractivity contribution in [2.75, 3.05) is 6.54 Å². The van der Waals surface area contributed by atoms with Gasteiger partial charge in [0.2, 0.25) is 10.0 Å². The van der Waals surface area contributed by atoms with Gasteiger partial charge in [-0.05, 0) is 38.4 Å². The van der Waals surface area contributed by atoms with Crippen LogP contribution in [0.15, 0.2) is 29.4 Å². The minimum atomic E-state index is -3.45. The van der Waals surface area contributed by atoms with Gasteiger partial charge in [-0.25, -0.2) is 13.1 Å². The molecule has 0 spiro atoms. The van der Waals surface area contributed by atoms with E-state index in [-0.39, 0.29) is 17.0 Å². The number of piperidine rings is 1. The molecule has 1 aromatic rings. The highest BCUT2D eigenvalue weighted by Gasteiger charge is 2.26. The van der Waals surface area contributed by atoms with E-state index in [1.807, 2.05) is 6.92 Å². The summed E-state index contributed by atoms with van der Waals surface area (Å²) in [6.07, 6.45) is 4.78. The number of pyridine rings is 1. The molecule has 2 rings (SSSR count). The summed E-state index contributed by atoms with van der Waals surface area (Å²) < 4.78 is 26.9. The topological polar surface area (TPSA) is 71.1 Å². The predicted molar refractivity (Wildman–Crippen MR) is 65.0 cm³/mol. The van der Waals surface area contributed by atoms with Gasteiger partial charge in [0, 0.05) is 24.5 Å². The van der Waals surface area contributed by atoms with Crippen LogP contribution in [-0.4, -0.2) is 32.0 Å². The summed E-state index contributed by atoms with van der Waals surface area (Å²) >= 11 is 0. The Bertz CT molecular complexity index is 461. The number of hydrogen-bond donors (Lipinski definition) is 2. The van der Waals surface area contributed by atoms with Gasteiger partial charge in [0.15, 0.2) is 0 Å². The Kier molecular flexibility index (Phi) is 3.76. The molecule has 1 aliphatic heterocycles. The molecule has 1 saturated heterocycles. The molecular weight excluding hydrogens is 238 g/mol. The average molecular weight is 255 g/mol. The molecule has 1 aliphatic rings. The Morgan fingerprint density at radius 1 is 1.53 bits per heavy atom. The van der Waals surface area contributed by atoms with E-state index in [1.54, 1.807) is 18.3 Å². The quantitative estimate of drug-likeness (QED) is 0.825. The maximum absolute atomic E-state index is 12.1. The van der Waals surface area contributed by atoms with Crippen molar-refractivity contribution in [2.45, 2.75) is 36.7 Å². The molecule has 6 heteroatoms. The van der Waals surface area contributed by atoms with Crippen molar-refractivity contribution in [1.29, 1.82) is 0 Å². The van der Waals surface area contributed by atoms with E-state index in [4.69, 9.17) is 0 Å². The average Bonchev–Trinajstić information content (AvgIpc) is 2.33. The summed E-state index contributed by atoms with van der Waals surface area (Å²) in [4.78, 5) is 4.05. The molecule has 17 heavy (non-hydrogen) atoms. The molecule has 1 aromatic heterocycles. The van der Waals surface area contributed by atoms with E-state index >= 15 is 0 Å². The largest absolute Gasteiger partial charge is 0.313 e. The number of aromatic nitrogens is 1. The minimum absolute atomic E-state index is 0.0473. The molecule has 2 atom stereocenters. The Balaban J connectivity index is 2.12. The molecule has 0 amide bonds. The molecule has 0 saturated carbocycles. The van der Waals surface area contributed by atoms with E-state index in [2.05, 4.69) is 15.0 Å². The van der Waals surface area contributed by atoms with Crippen LogP contribution in [0.5, 0.6) is 0 Å². The second-order valence-electron chi connectivity index (χ2n) is 4.30. The van der Waals surface area contributed by atoms with Gasteiger partial charge in [0.25, 0.3) is 0 Å². The summed E-state index contributed by atoms with van der Waals surface area (Å²) in [5.41, 5.74) is 0. The molecule has 0 bridgehead atoms. The Morgan fingerprint density at radius 3 is 3.00 bits per heavy atom. The molecule has 0 radical (unpaired) electrons. The second-order valence-corrected chi connectivity index (χ2v) is 6.02. The molecule has 2 heterocycles. The van der Waals surface area contributed by atoms with Crippen LogP contribution in [0.25, 0.3) is 0 Å². The number of rotatable bonds is 3. The third kappa shape index (κ3) is 3.02. The predicted octanol–water partition coefficient (Wildman–Crippen LogP) is 0.500. The first-order valence-corrected chi connectivity index (χ1v) is 7.23. The van der Waals surface area contributed by atoms with Crippen LogP contribution in [-0.2, 0) is 10.0 Å². The first-order valence-electron chi connectivity index (χ1n) is 5.75. The summed E-state index contributed by atoms with van der Waals surface area (Å²) in [7, 11) is -3.45. The third-order valence-electron chi connectivity index (χ3n) is 3.01. The van der Waals surface area contributed by atoms with Crippen molar-refractivity contribution in [3.63, 3.8) is 0 Å². The number of hydrogen-bond acceptors (Lipinski definition) is 4. The van der Waals surface area contributed by atoms with Crippen LogP contribution in [0.4, 0.5) is 0 Å². The van der Waals surface area contributed by atoms with Crippen LogP contribution in [0.2, 0.25) is 0 Å². The smallest absolute Gasteiger partial charge is 0.242 e. The molecule has 0 aromatic carbocycles. The van der Waals surface area contributed by atoms with Gasteiger partial charge in [-0.1, -0.05) is 0 Å². The van der Waals surface area contributed by atoms with Crippen molar-refractivity contribution in [3.8, 4) is 0 Å². The first kappa shape index (κ1) is 12.5. The lowest BCUT2D eigenvalue weighted by Crippen LogP contribution is -2.51. The maximum Gasteiger partial charge on any atom is 0.242 e. The van der Waals surface area contributed by atoms with Crippen molar-refractivity contribution in [1.82, 2.24) is 15.0 Å². The highest BCUT2D eigenvalue weighted by atomic mass is 32.2. The van der Waals surface area contributed by atoms with Crippen molar-refractivity contribution < 1.29 is 8.42 Å². The number of sulfonamides is 1. The van der Waals surface area contributed by atoms with E-state index < -0.39 is 10.0 Å². The van der Waals surface area contributed by atoms with Crippen LogP contribution in [0, 0.1) is 0 Å². The molecule has 94 valence electrons. The molecule has 2 unspecified atom stereocenters. The van der Waals surface area contributed by atoms with Crippen LogP contribution < -0.4 is 10.0 Å². The highest BCUT2D eigenvalue weighted by molar-refractivity contribution is 7.89. The fourth-order valence-electron chi connectivity index (χ4n) is 1.98. The monoisotopic (exact) mass is 255 g/mol. The molecular formula is C11H17N3O2S. The lowest BCUT2D eigenvalue weighted by molar-refractivity contribution is 0.349. The van der Waals surface area contributed by atoms with Crippen molar-refractivity contribution in [2.24, 2.45) is 0 Å². The van der Waals surface area contributed by atoms with Crippen molar-refractivity contribution in [3.05, 3.63) is 24.5 Å². The van der Waals surface area contributed by atoms with Gasteiger partial charge in [-0.15, -0.1) is 0 Å². The second kappa shape index (κ2) is 5.12. The first-order chi connectivity index (χ1) is 8.09. The van der Waals surface area contributed by atoms with Crippen LogP contribution >= 0.6 is 0 Å². The molecule has 1 fully saturated rings. The molecule has 2 N–H and O–H groups in total. The Morgan fingerprint density at radius 2 is 2.35 bits per heavy atom. The molecule has 0 aliphatic carbocycles. The lowest BCUT2D eigenvalue weighted by Gasteiger charge is -2.30. The maximum atomic E-state index is 12.1. The fraction of sp³-hybridized carbons (Fsp3) is 0.545. The molecule has 5 nitrogen and oxygen atoms in total. The van der Waals surface area contributed by atoms with Gasteiger partial charge < -0.3 is 5.32 Å². The summed E-state index contributed by atoms with van der Waals surface area (Å²) in [5, 5.41) is 3.26. The fourth-order valence-corrected chi connectivity index (χ4v) is 3.29. The van der Waals surface area contributed by atoms with Gasteiger partial charge in [-0.3, -0.25) is 4.98 Å². The zero-order chi connectivity index (χ0) is 12.3. The van der Waals surface area contributed by atoms with Gasteiger partial charge in [0.1, 0.15) is 4.90 Å². The minimum Gasteiger partial charge on any atom is -0.313 e. The van der Waals surface area contributed by atoms with Gasteiger partial charge in [0.05, 0.1) is 0 Å². The van der Waals surface area contributed by atoms with Crippen molar-refractivity contribution >= 4 is 10.0 Å². The van der Waals surface area contributed by atoms with E-state index in [9.17, 15) is 8.42 Å². The summed E-state index contributed by atoms with van der Waals surface area (Å²) in [6, 6.07) is 3.29. The van der Waals surface area contributed by atoms with Gasteiger partial charge in [-0.2, -0.15) is 0 Å². The lowest BCUT2D eigenvalue weighted by atomic mass is 10.0. The SMILES string of the molecule is CC1NCCCC1NS(=O)(=O)c1cccnc1. The van der Waals surface area contributed by atoms with Gasteiger partial charge >= 0.3 is 0 Å². The zero-order valence-electron chi connectivity index (χ0n) is 9.76. The van der Waals surface area contributed by atoms with Crippen LogP contribution in [0.3, 0.4) is 0 Å². The normalized spacial score (nSPS) is 25.7. The third-order valence-corrected chi connectivity index (χ3v) is 4.49. The van der Waals surface area contributed by atoms with E-state index in [0.717, 1.165) is 19.4 Å². The zero-order valence-corrected chi connectivity index (χ0v) is 10.6. The number of nitrogens with zero attached hydrogens (tertiary/aromatic N) is 1. The Hall–Kier alpha value is -0.980. The van der Waals surface area contributed by atoms with E-state index in [0.29, 0.717) is 0 Å². The summed E-state index contributed by atoms with van der Waals surface area (Å²) in [5.74, 6) is 0. The van der Waals surface area contributed by atoms with Crippen LogP contribution in [0.1, 0.15) is 19.8 Å². The standard InChI is InChI=1S/C11H17N3O2S/c1-9-11(5-3-7-13-9)14-17(15,16)10-4-2-6-12-8-10/h2,4,6,8-9,11,13-14H,3,5,7H2,1H3. The summed E-state index contributed by atoms with van der Waals surface area (Å²) in [6.45, 7) is 2.95. The highest BCUT2D eigenvalue weighted by Crippen LogP contribution is 2.13. The Labute approximate surface area is 102 Å². The van der Waals surface area contributed by atoms with E-state index in [1.165, 1.54) is 6.20 Å². The number of nitrogens with one attached hydrogen (secondary N) is 2.